The summed E-state index contributed by atoms with van der Waals surface area (Å²) in [7, 11) is 1.65. The number of rotatable bonds is 2. The van der Waals surface area contributed by atoms with Crippen molar-refractivity contribution in [3.8, 4) is 0 Å². The van der Waals surface area contributed by atoms with Crippen molar-refractivity contribution >= 4 is 0 Å². The molecule has 1 atom stereocenters. The predicted octanol–water partition coefficient (Wildman–Crippen LogP) is 0.00570. The minimum Gasteiger partial charge on any atom is -0.382 e. The molecule has 0 bridgehead atoms. The topological polar surface area (TPSA) is 27.7 Å². The zero-order chi connectivity index (χ0) is 5.82. The Morgan fingerprint density at radius 3 is 3.12 bits per heavy atom. The third kappa shape index (κ3) is 1.43. The molecule has 1 fully saturated rings. The molecule has 0 aromatic rings. The number of hydrogen-bond acceptors (Lipinski definition) is 3. The van der Waals surface area contributed by atoms with E-state index in [9.17, 15) is 0 Å². The van der Waals surface area contributed by atoms with Gasteiger partial charge in [-0.2, -0.15) is 0 Å². The molecule has 1 rings (SSSR count). The normalized spacial score (nSPS) is 28.9. The van der Waals surface area contributed by atoms with Crippen molar-refractivity contribution < 1.29 is 14.2 Å². The molecule has 0 N–H and O–H groups in total. The Morgan fingerprint density at radius 1 is 1.75 bits per heavy atom. The van der Waals surface area contributed by atoms with Crippen LogP contribution in [-0.2, 0) is 14.2 Å². The van der Waals surface area contributed by atoms with E-state index in [1.165, 1.54) is 0 Å². The molecule has 0 radical (unpaired) electrons. The molecule has 48 valence electrons. The molecule has 0 aliphatic carbocycles. The average Bonchev–Trinajstić information content (AvgIpc) is 2.19. The average molecular weight is 118 g/mol. The lowest BCUT2D eigenvalue weighted by Crippen LogP contribution is -2.15. The molecule has 1 aliphatic rings. The maximum Gasteiger partial charge on any atom is 0.147 e. The summed E-state index contributed by atoms with van der Waals surface area (Å²) in [6.07, 6.45) is 0.167. The van der Waals surface area contributed by atoms with Crippen LogP contribution < -0.4 is 0 Å². The van der Waals surface area contributed by atoms with Crippen molar-refractivity contribution in [3.63, 3.8) is 0 Å². The van der Waals surface area contributed by atoms with Gasteiger partial charge in [0.25, 0.3) is 0 Å². The molecule has 1 saturated heterocycles. The third-order valence-electron chi connectivity index (χ3n) is 1.04. The Balaban J connectivity index is 2.06. The highest BCUT2D eigenvalue weighted by Crippen LogP contribution is 2.01. The van der Waals surface area contributed by atoms with Crippen LogP contribution in [0.3, 0.4) is 0 Å². The predicted molar refractivity (Wildman–Crippen MR) is 27.6 cm³/mol. The van der Waals surface area contributed by atoms with Crippen LogP contribution in [0.4, 0.5) is 0 Å². The Morgan fingerprint density at radius 2 is 2.62 bits per heavy atom. The van der Waals surface area contributed by atoms with Crippen LogP contribution >= 0.6 is 0 Å². The van der Waals surface area contributed by atoms with Crippen LogP contribution in [0, 0.1) is 0 Å². The molecule has 3 nitrogen and oxygen atoms in total. The van der Waals surface area contributed by atoms with Gasteiger partial charge in [0.1, 0.15) is 12.9 Å². The van der Waals surface area contributed by atoms with E-state index in [2.05, 4.69) is 0 Å². The van der Waals surface area contributed by atoms with Gasteiger partial charge in [-0.15, -0.1) is 0 Å². The largest absolute Gasteiger partial charge is 0.382 e. The lowest BCUT2D eigenvalue weighted by Gasteiger charge is -2.02. The standard InChI is InChI=1S/C5H10O3/c1-6-2-5-3-7-4-8-5/h5H,2-4H2,1H3. The highest BCUT2D eigenvalue weighted by atomic mass is 16.7. The molecule has 0 aromatic heterocycles. The van der Waals surface area contributed by atoms with E-state index in [-0.39, 0.29) is 6.10 Å². The molecule has 1 unspecified atom stereocenters. The van der Waals surface area contributed by atoms with Gasteiger partial charge in [-0.25, -0.2) is 0 Å². The molecule has 0 spiro atoms. The zero-order valence-corrected chi connectivity index (χ0v) is 4.92. The quantitative estimate of drug-likeness (QED) is 0.511. The Hall–Kier alpha value is -0.120. The second-order valence-corrected chi connectivity index (χ2v) is 1.73. The number of methoxy groups -OCH3 is 1. The van der Waals surface area contributed by atoms with Gasteiger partial charge in [-0.1, -0.05) is 0 Å². The third-order valence-corrected chi connectivity index (χ3v) is 1.04. The first-order chi connectivity index (χ1) is 3.93. The second kappa shape index (κ2) is 3.02. The van der Waals surface area contributed by atoms with E-state index in [0.29, 0.717) is 20.0 Å². The van der Waals surface area contributed by atoms with Crippen molar-refractivity contribution in [1.29, 1.82) is 0 Å². The van der Waals surface area contributed by atoms with Gasteiger partial charge in [-0.05, 0) is 0 Å². The van der Waals surface area contributed by atoms with Gasteiger partial charge in [0.2, 0.25) is 0 Å². The lowest BCUT2D eigenvalue weighted by molar-refractivity contribution is 0.0177. The Kier molecular flexibility index (Phi) is 2.27. The van der Waals surface area contributed by atoms with Crippen LogP contribution in [0.1, 0.15) is 0 Å². The van der Waals surface area contributed by atoms with E-state index in [1.807, 2.05) is 0 Å². The van der Waals surface area contributed by atoms with Crippen molar-refractivity contribution in [2.45, 2.75) is 6.10 Å². The fourth-order valence-corrected chi connectivity index (χ4v) is 0.654. The smallest absolute Gasteiger partial charge is 0.147 e. The first kappa shape index (κ1) is 6.01. The minimum atomic E-state index is 0.167. The number of hydrogen-bond donors (Lipinski definition) is 0. The Labute approximate surface area is 48.5 Å². The maximum absolute atomic E-state index is 5.05. The van der Waals surface area contributed by atoms with Gasteiger partial charge < -0.3 is 14.2 Å². The Bertz CT molecular complexity index is 58.7. The molecule has 0 aromatic carbocycles. The van der Waals surface area contributed by atoms with Gasteiger partial charge in [0.15, 0.2) is 0 Å². The summed E-state index contributed by atoms with van der Waals surface area (Å²) in [6.45, 7) is 1.74. The van der Waals surface area contributed by atoms with Crippen LogP contribution in [0.25, 0.3) is 0 Å². The van der Waals surface area contributed by atoms with E-state index in [0.717, 1.165) is 0 Å². The summed E-state index contributed by atoms with van der Waals surface area (Å²) in [5.74, 6) is 0. The molecule has 3 heteroatoms. The van der Waals surface area contributed by atoms with Gasteiger partial charge in [-0.3, -0.25) is 0 Å². The summed E-state index contributed by atoms with van der Waals surface area (Å²) in [4.78, 5) is 0. The van der Waals surface area contributed by atoms with Crippen LogP contribution in [0.2, 0.25) is 0 Å². The van der Waals surface area contributed by atoms with Crippen molar-refractivity contribution in [2.75, 3.05) is 27.1 Å². The first-order valence-corrected chi connectivity index (χ1v) is 2.62. The van der Waals surface area contributed by atoms with Crippen LogP contribution in [0.15, 0.2) is 0 Å². The number of ether oxygens (including phenoxy) is 3. The molecule has 8 heavy (non-hydrogen) atoms. The van der Waals surface area contributed by atoms with Gasteiger partial charge in [0, 0.05) is 7.11 Å². The monoisotopic (exact) mass is 118 g/mol. The zero-order valence-electron chi connectivity index (χ0n) is 4.92. The van der Waals surface area contributed by atoms with E-state index in [4.69, 9.17) is 14.2 Å². The first-order valence-electron chi connectivity index (χ1n) is 2.62. The minimum absolute atomic E-state index is 0.167. The second-order valence-electron chi connectivity index (χ2n) is 1.73. The van der Waals surface area contributed by atoms with Gasteiger partial charge in [0.05, 0.1) is 13.2 Å². The summed E-state index contributed by atoms with van der Waals surface area (Å²) in [6, 6.07) is 0. The molecular formula is C5H10O3. The van der Waals surface area contributed by atoms with E-state index >= 15 is 0 Å². The van der Waals surface area contributed by atoms with E-state index in [1.54, 1.807) is 7.11 Å². The molecular weight excluding hydrogens is 108 g/mol. The van der Waals surface area contributed by atoms with E-state index < -0.39 is 0 Å². The van der Waals surface area contributed by atoms with Crippen molar-refractivity contribution in [2.24, 2.45) is 0 Å². The summed E-state index contributed by atoms with van der Waals surface area (Å²) in [5.41, 5.74) is 0. The highest BCUT2D eigenvalue weighted by Gasteiger charge is 2.14. The fraction of sp³-hybridized carbons (Fsp3) is 1.00. The van der Waals surface area contributed by atoms with Gasteiger partial charge >= 0.3 is 0 Å². The maximum atomic E-state index is 5.05. The molecule has 0 saturated carbocycles. The highest BCUT2D eigenvalue weighted by molar-refractivity contribution is 4.56. The van der Waals surface area contributed by atoms with Crippen molar-refractivity contribution in [1.82, 2.24) is 0 Å². The SMILES string of the molecule is COCC1COCO1. The fourth-order valence-electron chi connectivity index (χ4n) is 0.654. The lowest BCUT2D eigenvalue weighted by atomic mass is 10.4. The molecule has 1 heterocycles. The van der Waals surface area contributed by atoms with Crippen LogP contribution in [0.5, 0.6) is 0 Å². The summed E-state index contributed by atoms with van der Waals surface area (Å²) < 4.78 is 14.8. The van der Waals surface area contributed by atoms with Crippen molar-refractivity contribution in [3.05, 3.63) is 0 Å². The summed E-state index contributed by atoms with van der Waals surface area (Å²) in [5, 5.41) is 0. The molecule has 1 aliphatic heterocycles. The summed E-state index contributed by atoms with van der Waals surface area (Å²) >= 11 is 0. The molecule has 0 amide bonds. The van der Waals surface area contributed by atoms with Crippen LogP contribution in [-0.4, -0.2) is 33.2 Å².